The molecule has 1 saturated heterocycles. The van der Waals surface area contributed by atoms with Crippen LogP contribution in [0.5, 0.6) is 0 Å². The zero-order valence-corrected chi connectivity index (χ0v) is 19.8. The zero-order chi connectivity index (χ0) is 24.8. The van der Waals surface area contributed by atoms with Crippen LogP contribution in [0, 0.1) is 11.3 Å². The average molecular weight is 477 g/mol. The third kappa shape index (κ3) is 3.29. The Labute approximate surface area is 204 Å². The molecule has 7 nitrogen and oxygen atoms in total. The van der Waals surface area contributed by atoms with Crippen molar-refractivity contribution < 1.29 is 33.3 Å². The lowest BCUT2D eigenvalue weighted by Crippen LogP contribution is -2.62. The van der Waals surface area contributed by atoms with Gasteiger partial charge in [-0.3, -0.25) is 9.59 Å². The van der Waals surface area contributed by atoms with E-state index < -0.39 is 34.8 Å². The van der Waals surface area contributed by atoms with Gasteiger partial charge in [-0.15, -0.1) is 0 Å². The second kappa shape index (κ2) is 8.73. The fourth-order valence-electron chi connectivity index (χ4n) is 6.04. The minimum atomic E-state index is -1.21. The third-order valence-corrected chi connectivity index (χ3v) is 7.54. The first-order valence-corrected chi connectivity index (χ1v) is 11.9. The summed E-state index contributed by atoms with van der Waals surface area (Å²) in [5.74, 6) is -2.47. The summed E-state index contributed by atoms with van der Waals surface area (Å²) in [6.07, 6.45) is 1.34. The molecule has 1 aliphatic heterocycles. The van der Waals surface area contributed by atoms with Crippen molar-refractivity contribution in [2.75, 3.05) is 19.8 Å². The number of esters is 3. The van der Waals surface area contributed by atoms with Gasteiger partial charge in [-0.1, -0.05) is 55.1 Å². The van der Waals surface area contributed by atoms with E-state index in [4.69, 9.17) is 18.9 Å². The Balaban J connectivity index is 1.47. The molecule has 0 spiro atoms. The summed E-state index contributed by atoms with van der Waals surface area (Å²) >= 11 is 0. The van der Waals surface area contributed by atoms with Crippen LogP contribution >= 0.6 is 0 Å². The number of benzene rings is 2. The maximum absolute atomic E-state index is 13.3. The van der Waals surface area contributed by atoms with Crippen molar-refractivity contribution in [2.24, 2.45) is 11.3 Å². The molecule has 1 fully saturated rings. The monoisotopic (exact) mass is 476 g/mol. The lowest BCUT2D eigenvalue weighted by Gasteiger charge is -2.58. The highest BCUT2D eigenvalue weighted by molar-refractivity contribution is 6.03. The minimum Gasteiger partial charge on any atom is -0.462 e. The maximum atomic E-state index is 13.3. The molecule has 2 bridgehead atoms. The van der Waals surface area contributed by atoms with Crippen LogP contribution in [0.1, 0.15) is 48.4 Å². The standard InChI is InChI=1S/C28H28O7/c1-4-22(29)33-15-9-14-32-17(2)16-34-28-20-12-7-5-10-18(20)23(19-11-6-8-13-21(19)28)24-25(30)35-26(31)27(24,28)3/h4-8,10-13,17,23-24H,1,9,14-16H2,2-3H3. The first kappa shape index (κ1) is 23.5. The largest absolute Gasteiger partial charge is 0.462 e. The van der Waals surface area contributed by atoms with Gasteiger partial charge in [0, 0.05) is 18.4 Å². The first-order valence-electron chi connectivity index (χ1n) is 11.9. The second-order valence-corrected chi connectivity index (χ2v) is 9.44. The van der Waals surface area contributed by atoms with Gasteiger partial charge in [-0.2, -0.15) is 0 Å². The molecule has 0 N–H and O–H groups in total. The van der Waals surface area contributed by atoms with Gasteiger partial charge in [0.1, 0.15) is 11.0 Å². The summed E-state index contributed by atoms with van der Waals surface area (Å²) < 4.78 is 22.9. The number of cyclic esters (lactones) is 2. The Morgan fingerprint density at radius 2 is 1.71 bits per heavy atom. The predicted octanol–water partition coefficient (Wildman–Crippen LogP) is 3.64. The van der Waals surface area contributed by atoms with Crippen LogP contribution in [-0.2, 0) is 38.9 Å². The lowest BCUT2D eigenvalue weighted by atomic mass is 9.46. The number of hydrogen-bond donors (Lipinski definition) is 0. The van der Waals surface area contributed by atoms with E-state index in [0.29, 0.717) is 13.0 Å². The molecule has 0 radical (unpaired) electrons. The summed E-state index contributed by atoms with van der Waals surface area (Å²) in [5, 5.41) is 0. The highest BCUT2D eigenvalue weighted by Gasteiger charge is 2.75. The first-order chi connectivity index (χ1) is 16.9. The number of ether oxygens (including phenoxy) is 4. The number of rotatable bonds is 9. The number of carbonyl (C=O) groups excluding carboxylic acids is 3. The van der Waals surface area contributed by atoms with Gasteiger partial charge in [0.15, 0.2) is 0 Å². The fraction of sp³-hybridized carbons (Fsp3) is 0.393. The summed E-state index contributed by atoms with van der Waals surface area (Å²) in [6, 6.07) is 15.7. The highest BCUT2D eigenvalue weighted by atomic mass is 16.6. The predicted molar refractivity (Wildman–Crippen MR) is 125 cm³/mol. The van der Waals surface area contributed by atoms with Crippen molar-refractivity contribution in [2.45, 2.75) is 37.9 Å². The molecule has 0 aromatic heterocycles. The molecule has 3 atom stereocenters. The molecular formula is C28H28O7. The van der Waals surface area contributed by atoms with Crippen molar-refractivity contribution in [1.29, 1.82) is 0 Å². The van der Waals surface area contributed by atoms with Gasteiger partial charge in [-0.05, 0) is 36.1 Å². The Kier molecular flexibility index (Phi) is 5.85. The van der Waals surface area contributed by atoms with Crippen molar-refractivity contribution in [3.8, 4) is 0 Å². The van der Waals surface area contributed by atoms with E-state index in [2.05, 4.69) is 6.58 Å². The molecule has 0 saturated carbocycles. The maximum Gasteiger partial charge on any atom is 0.330 e. The van der Waals surface area contributed by atoms with Crippen LogP contribution in [0.2, 0.25) is 0 Å². The molecule has 2 aromatic rings. The second-order valence-electron chi connectivity index (χ2n) is 9.44. The van der Waals surface area contributed by atoms with Crippen LogP contribution < -0.4 is 0 Å². The molecule has 0 amide bonds. The Morgan fingerprint density at radius 1 is 1.09 bits per heavy atom. The van der Waals surface area contributed by atoms with E-state index in [1.165, 1.54) is 0 Å². The molecule has 3 aliphatic carbocycles. The smallest absolute Gasteiger partial charge is 0.330 e. The quantitative estimate of drug-likeness (QED) is 0.236. The Hall–Kier alpha value is -3.29. The number of hydrogen-bond acceptors (Lipinski definition) is 7. The van der Waals surface area contributed by atoms with E-state index in [-0.39, 0.29) is 25.2 Å². The summed E-state index contributed by atoms with van der Waals surface area (Å²) in [5.41, 5.74) is 1.34. The summed E-state index contributed by atoms with van der Waals surface area (Å²) in [7, 11) is 0. The van der Waals surface area contributed by atoms with Crippen LogP contribution in [0.4, 0.5) is 0 Å². The normalized spacial score (nSPS) is 28.5. The van der Waals surface area contributed by atoms with Crippen LogP contribution in [0.3, 0.4) is 0 Å². The van der Waals surface area contributed by atoms with Crippen molar-refractivity contribution in [3.63, 3.8) is 0 Å². The van der Waals surface area contributed by atoms with Gasteiger partial charge < -0.3 is 18.9 Å². The van der Waals surface area contributed by atoms with E-state index in [9.17, 15) is 14.4 Å². The minimum absolute atomic E-state index is 0.184. The van der Waals surface area contributed by atoms with E-state index in [1.807, 2.05) is 55.5 Å². The van der Waals surface area contributed by atoms with Crippen LogP contribution in [0.15, 0.2) is 61.2 Å². The third-order valence-electron chi connectivity index (χ3n) is 7.54. The zero-order valence-electron chi connectivity index (χ0n) is 19.8. The fourth-order valence-corrected chi connectivity index (χ4v) is 6.04. The SMILES string of the molecule is C=CC(=O)OCCCOC(C)COC12c3ccccc3C(c3ccccc31)C1C(=O)OC(=O)C12C. The molecule has 35 heavy (non-hydrogen) atoms. The van der Waals surface area contributed by atoms with E-state index in [1.54, 1.807) is 6.92 Å². The van der Waals surface area contributed by atoms with Crippen LogP contribution in [0.25, 0.3) is 0 Å². The van der Waals surface area contributed by atoms with E-state index >= 15 is 0 Å². The molecule has 6 rings (SSSR count). The van der Waals surface area contributed by atoms with Gasteiger partial charge in [0.2, 0.25) is 0 Å². The van der Waals surface area contributed by atoms with Crippen molar-refractivity contribution in [3.05, 3.63) is 83.4 Å². The van der Waals surface area contributed by atoms with Gasteiger partial charge in [0.05, 0.1) is 31.8 Å². The van der Waals surface area contributed by atoms with Gasteiger partial charge in [-0.25, -0.2) is 4.79 Å². The molecule has 3 unspecified atom stereocenters. The lowest BCUT2D eigenvalue weighted by molar-refractivity contribution is -0.181. The molecule has 1 heterocycles. The number of carbonyl (C=O) groups is 3. The molecule has 182 valence electrons. The Morgan fingerprint density at radius 3 is 2.34 bits per heavy atom. The summed E-state index contributed by atoms with van der Waals surface area (Å²) in [6.45, 7) is 7.84. The van der Waals surface area contributed by atoms with E-state index in [0.717, 1.165) is 28.3 Å². The highest BCUT2D eigenvalue weighted by Crippen LogP contribution is 2.69. The Bertz CT molecular complexity index is 1150. The van der Waals surface area contributed by atoms with Crippen molar-refractivity contribution in [1.82, 2.24) is 0 Å². The van der Waals surface area contributed by atoms with Gasteiger partial charge >= 0.3 is 17.9 Å². The van der Waals surface area contributed by atoms with Crippen LogP contribution in [-0.4, -0.2) is 43.8 Å². The summed E-state index contributed by atoms with van der Waals surface area (Å²) in [4.78, 5) is 37.5. The molecule has 2 aromatic carbocycles. The molecule has 4 aliphatic rings. The molecule has 7 heteroatoms. The average Bonchev–Trinajstić information content (AvgIpc) is 3.11. The van der Waals surface area contributed by atoms with Crippen molar-refractivity contribution >= 4 is 17.9 Å². The molecular weight excluding hydrogens is 448 g/mol. The topological polar surface area (TPSA) is 88.1 Å². The van der Waals surface area contributed by atoms with Gasteiger partial charge in [0.25, 0.3) is 0 Å².